The van der Waals surface area contributed by atoms with Crippen LogP contribution in [0, 0.1) is 0 Å². The molecule has 1 N–H and O–H groups in total. The normalized spacial score (nSPS) is 25.5. The van der Waals surface area contributed by atoms with Crippen molar-refractivity contribution in [1.82, 2.24) is 9.97 Å². The summed E-state index contributed by atoms with van der Waals surface area (Å²) in [7, 11) is 0. The van der Waals surface area contributed by atoms with Crippen LogP contribution in [0.3, 0.4) is 0 Å². The molecule has 1 atom stereocenters. The van der Waals surface area contributed by atoms with Gasteiger partial charge in [-0.3, -0.25) is 0 Å². The largest absolute Gasteiger partial charge is 0.379 e. The van der Waals surface area contributed by atoms with Crippen LogP contribution in [0.2, 0.25) is 5.02 Å². The molecule has 82 valence electrons. The molecule has 6 heteroatoms. The van der Waals surface area contributed by atoms with Crippen LogP contribution in [0.25, 0.3) is 0 Å². The third kappa shape index (κ3) is 2.51. The second kappa shape index (κ2) is 4.51. The molecule has 0 spiro atoms. The first kappa shape index (κ1) is 10.9. The van der Waals surface area contributed by atoms with Crippen molar-refractivity contribution >= 4 is 29.2 Å². The molecule has 0 aliphatic carbocycles. The minimum atomic E-state index is -0.241. The standard InChI is InChI=1S/C9H11Cl2N3O/c10-5-9(1-2-15-6-9)14-8-12-3-7(11)4-13-8/h3-4H,1-2,5-6H2,(H,12,13,14). The first-order valence-electron chi connectivity index (χ1n) is 4.64. The first-order valence-corrected chi connectivity index (χ1v) is 5.55. The lowest BCUT2D eigenvalue weighted by Crippen LogP contribution is -2.41. The molecule has 0 bridgehead atoms. The molecule has 0 saturated carbocycles. The number of nitrogens with zero attached hydrogens (tertiary/aromatic N) is 2. The van der Waals surface area contributed by atoms with E-state index in [1.54, 1.807) is 12.4 Å². The number of hydrogen-bond donors (Lipinski definition) is 1. The quantitative estimate of drug-likeness (QED) is 0.830. The van der Waals surface area contributed by atoms with Crippen molar-refractivity contribution in [2.45, 2.75) is 12.0 Å². The average molecular weight is 248 g/mol. The Morgan fingerprint density at radius 1 is 1.47 bits per heavy atom. The van der Waals surface area contributed by atoms with Gasteiger partial charge in [0.15, 0.2) is 0 Å². The summed E-state index contributed by atoms with van der Waals surface area (Å²) in [6, 6.07) is 0. The zero-order valence-electron chi connectivity index (χ0n) is 8.04. The highest BCUT2D eigenvalue weighted by Gasteiger charge is 2.34. The Morgan fingerprint density at radius 3 is 2.73 bits per heavy atom. The summed E-state index contributed by atoms with van der Waals surface area (Å²) in [4.78, 5) is 8.13. The Kier molecular flexibility index (Phi) is 3.29. The highest BCUT2D eigenvalue weighted by molar-refractivity contribution is 6.30. The Balaban J connectivity index is 2.09. The van der Waals surface area contributed by atoms with Gasteiger partial charge in [0, 0.05) is 12.5 Å². The number of anilines is 1. The van der Waals surface area contributed by atoms with E-state index in [-0.39, 0.29) is 5.54 Å². The van der Waals surface area contributed by atoms with E-state index >= 15 is 0 Å². The number of rotatable bonds is 3. The van der Waals surface area contributed by atoms with Gasteiger partial charge in [-0.2, -0.15) is 0 Å². The highest BCUT2D eigenvalue weighted by atomic mass is 35.5. The summed E-state index contributed by atoms with van der Waals surface area (Å²) >= 11 is 11.6. The minimum Gasteiger partial charge on any atom is -0.379 e. The van der Waals surface area contributed by atoms with Crippen molar-refractivity contribution in [3.05, 3.63) is 17.4 Å². The summed E-state index contributed by atoms with van der Waals surface area (Å²) in [6.07, 6.45) is 3.96. The SMILES string of the molecule is ClCC1(Nc2ncc(Cl)cn2)CCOC1. The molecule has 2 rings (SSSR count). The molecule has 1 aromatic rings. The van der Waals surface area contributed by atoms with Gasteiger partial charge in [0.05, 0.1) is 29.6 Å². The van der Waals surface area contributed by atoms with Gasteiger partial charge in [-0.05, 0) is 6.42 Å². The van der Waals surface area contributed by atoms with Gasteiger partial charge >= 0.3 is 0 Å². The number of halogens is 2. The van der Waals surface area contributed by atoms with Crippen molar-refractivity contribution in [3.63, 3.8) is 0 Å². The third-order valence-electron chi connectivity index (χ3n) is 2.36. The van der Waals surface area contributed by atoms with Gasteiger partial charge in [0.2, 0.25) is 5.95 Å². The summed E-state index contributed by atoms with van der Waals surface area (Å²) < 4.78 is 5.32. The topological polar surface area (TPSA) is 47.0 Å². The smallest absolute Gasteiger partial charge is 0.223 e. The van der Waals surface area contributed by atoms with Crippen LogP contribution in [-0.2, 0) is 4.74 Å². The molecule has 1 aliphatic heterocycles. The molecule has 2 heterocycles. The molecule has 0 amide bonds. The predicted octanol–water partition coefficient (Wildman–Crippen LogP) is 1.94. The summed E-state index contributed by atoms with van der Waals surface area (Å²) in [5.74, 6) is 1.00. The number of aromatic nitrogens is 2. The molecule has 1 aliphatic rings. The fourth-order valence-electron chi connectivity index (χ4n) is 1.46. The number of ether oxygens (including phenoxy) is 1. The molecule has 4 nitrogen and oxygen atoms in total. The Hall–Kier alpha value is -0.580. The van der Waals surface area contributed by atoms with Crippen molar-refractivity contribution in [1.29, 1.82) is 0 Å². The lowest BCUT2D eigenvalue weighted by Gasteiger charge is -2.25. The van der Waals surface area contributed by atoms with Crippen LogP contribution < -0.4 is 5.32 Å². The van der Waals surface area contributed by atoms with Gasteiger partial charge in [0.25, 0.3) is 0 Å². The van der Waals surface area contributed by atoms with E-state index < -0.39 is 0 Å². The van der Waals surface area contributed by atoms with E-state index in [0.717, 1.165) is 6.42 Å². The molecule has 1 saturated heterocycles. The van der Waals surface area contributed by atoms with Gasteiger partial charge in [-0.1, -0.05) is 11.6 Å². The molecular formula is C9H11Cl2N3O. The van der Waals surface area contributed by atoms with Crippen LogP contribution in [0.4, 0.5) is 5.95 Å². The Morgan fingerprint density at radius 2 is 2.20 bits per heavy atom. The maximum Gasteiger partial charge on any atom is 0.223 e. The summed E-state index contributed by atoms with van der Waals surface area (Å²) in [5.41, 5.74) is -0.241. The third-order valence-corrected chi connectivity index (χ3v) is 3.06. The summed E-state index contributed by atoms with van der Waals surface area (Å²) in [6.45, 7) is 1.30. The van der Waals surface area contributed by atoms with Crippen LogP contribution in [-0.4, -0.2) is 34.6 Å². The van der Waals surface area contributed by atoms with Gasteiger partial charge in [0.1, 0.15) is 0 Å². The van der Waals surface area contributed by atoms with E-state index in [9.17, 15) is 0 Å². The summed E-state index contributed by atoms with van der Waals surface area (Å²) in [5, 5.41) is 3.71. The van der Waals surface area contributed by atoms with Crippen LogP contribution in [0.1, 0.15) is 6.42 Å². The fraction of sp³-hybridized carbons (Fsp3) is 0.556. The van der Waals surface area contributed by atoms with E-state index in [4.69, 9.17) is 27.9 Å². The van der Waals surface area contributed by atoms with E-state index in [1.807, 2.05) is 0 Å². The molecule has 0 radical (unpaired) electrons. The first-order chi connectivity index (χ1) is 7.24. The second-order valence-corrected chi connectivity index (χ2v) is 4.27. The van der Waals surface area contributed by atoms with E-state index in [0.29, 0.717) is 30.1 Å². The van der Waals surface area contributed by atoms with E-state index in [1.165, 1.54) is 0 Å². The highest BCUT2D eigenvalue weighted by Crippen LogP contribution is 2.24. The average Bonchev–Trinajstić information content (AvgIpc) is 2.71. The zero-order valence-corrected chi connectivity index (χ0v) is 9.55. The predicted molar refractivity (Wildman–Crippen MR) is 59.6 cm³/mol. The molecule has 1 fully saturated rings. The van der Waals surface area contributed by atoms with Crippen LogP contribution in [0.15, 0.2) is 12.4 Å². The maximum absolute atomic E-state index is 5.92. The Bertz CT molecular complexity index is 325. The van der Waals surface area contributed by atoms with Gasteiger partial charge in [-0.15, -0.1) is 11.6 Å². The zero-order chi connectivity index (χ0) is 10.7. The second-order valence-electron chi connectivity index (χ2n) is 3.57. The lowest BCUT2D eigenvalue weighted by atomic mass is 10.0. The Labute approximate surface area is 98.0 Å². The number of nitrogens with one attached hydrogen (secondary N) is 1. The van der Waals surface area contributed by atoms with Gasteiger partial charge in [-0.25, -0.2) is 9.97 Å². The van der Waals surface area contributed by atoms with Crippen molar-refractivity contribution in [2.75, 3.05) is 24.4 Å². The number of hydrogen-bond acceptors (Lipinski definition) is 4. The monoisotopic (exact) mass is 247 g/mol. The van der Waals surface area contributed by atoms with E-state index in [2.05, 4.69) is 15.3 Å². The maximum atomic E-state index is 5.92. The fourth-order valence-corrected chi connectivity index (χ4v) is 1.83. The van der Waals surface area contributed by atoms with Crippen molar-refractivity contribution < 1.29 is 4.74 Å². The van der Waals surface area contributed by atoms with Crippen molar-refractivity contribution in [2.24, 2.45) is 0 Å². The molecular weight excluding hydrogens is 237 g/mol. The minimum absolute atomic E-state index is 0.241. The molecule has 1 unspecified atom stereocenters. The molecule has 15 heavy (non-hydrogen) atoms. The molecule has 1 aromatic heterocycles. The van der Waals surface area contributed by atoms with Crippen molar-refractivity contribution in [3.8, 4) is 0 Å². The van der Waals surface area contributed by atoms with Crippen LogP contribution in [0.5, 0.6) is 0 Å². The molecule has 0 aromatic carbocycles. The van der Waals surface area contributed by atoms with Crippen LogP contribution >= 0.6 is 23.2 Å². The lowest BCUT2D eigenvalue weighted by molar-refractivity contribution is 0.185. The number of alkyl halides is 1. The van der Waals surface area contributed by atoms with Gasteiger partial charge < -0.3 is 10.1 Å².